The van der Waals surface area contributed by atoms with Crippen LogP contribution in [0.3, 0.4) is 0 Å². The summed E-state index contributed by atoms with van der Waals surface area (Å²) in [4.78, 5) is 8.64. The Morgan fingerprint density at radius 2 is 2.44 bits per heavy atom. The Hall–Kier alpha value is -1.04. The number of hydrogen-bond donors (Lipinski definition) is 1. The van der Waals surface area contributed by atoms with E-state index in [1.165, 1.54) is 6.42 Å². The van der Waals surface area contributed by atoms with Crippen molar-refractivity contribution >= 4 is 16.9 Å². The molecular formula is C10H17N5S. The topological polar surface area (TPSA) is 55.1 Å². The fourth-order valence-corrected chi connectivity index (χ4v) is 2.78. The summed E-state index contributed by atoms with van der Waals surface area (Å²) in [5, 5.41) is 8.62. The van der Waals surface area contributed by atoms with Crippen molar-refractivity contribution in [3.8, 4) is 0 Å². The van der Waals surface area contributed by atoms with E-state index in [9.17, 15) is 0 Å². The van der Waals surface area contributed by atoms with Gasteiger partial charge in [-0.05, 0) is 20.3 Å². The Balaban J connectivity index is 1.97. The summed E-state index contributed by atoms with van der Waals surface area (Å²) in [6.07, 6.45) is 2.86. The monoisotopic (exact) mass is 239 g/mol. The van der Waals surface area contributed by atoms with E-state index < -0.39 is 0 Å². The third-order valence-corrected chi connectivity index (χ3v) is 3.34. The number of aliphatic imine (C=N–C) groups is 1. The molecule has 1 aliphatic rings. The molecule has 1 fully saturated rings. The highest BCUT2D eigenvalue weighted by molar-refractivity contribution is 8.13. The van der Waals surface area contributed by atoms with Gasteiger partial charge in [0.25, 0.3) is 0 Å². The summed E-state index contributed by atoms with van der Waals surface area (Å²) < 4.78 is 1.70. The maximum absolute atomic E-state index is 4.49. The average Bonchev–Trinajstić information content (AvgIpc) is 2.60. The number of aryl methyl sites for hydroxylation is 1. The summed E-state index contributed by atoms with van der Waals surface area (Å²) in [7, 11) is 1.86. The van der Waals surface area contributed by atoms with Crippen molar-refractivity contribution in [2.45, 2.75) is 32.4 Å². The average molecular weight is 239 g/mol. The Labute approximate surface area is 99.7 Å². The molecule has 0 saturated carbocycles. The second kappa shape index (κ2) is 4.45. The lowest BCUT2D eigenvalue weighted by atomic mass is 10.0. The first-order chi connectivity index (χ1) is 7.55. The molecule has 1 aromatic heterocycles. The highest BCUT2D eigenvalue weighted by atomic mass is 32.2. The van der Waals surface area contributed by atoms with E-state index >= 15 is 0 Å². The van der Waals surface area contributed by atoms with E-state index in [0.717, 1.165) is 16.7 Å². The van der Waals surface area contributed by atoms with Gasteiger partial charge < -0.3 is 5.32 Å². The van der Waals surface area contributed by atoms with Gasteiger partial charge in [-0.25, -0.2) is 4.98 Å². The van der Waals surface area contributed by atoms with Crippen molar-refractivity contribution in [2.75, 3.05) is 5.75 Å². The van der Waals surface area contributed by atoms with Crippen LogP contribution >= 0.6 is 11.8 Å². The Morgan fingerprint density at radius 3 is 3.06 bits per heavy atom. The van der Waals surface area contributed by atoms with E-state index in [-0.39, 0.29) is 5.54 Å². The fraction of sp³-hybridized carbons (Fsp3) is 0.700. The SMILES string of the molecule is Cn1cnc(CN=C2NC(C)(C)CCS2)n1. The maximum Gasteiger partial charge on any atom is 0.172 e. The lowest BCUT2D eigenvalue weighted by Crippen LogP contribution is -2.46. The van der Waals surface area contributed by atoms with Crippen LogP contribution in [0.25, 0.3) is 0 Å². The van der Waals surface area contributed by atoms with Crippen molar-refractivity contribution in [3.05, 3.63) is 12.2 Å². The van der Waals surface area contributed by atoms with Crippen LogP contribution in [0.2, 0.25) is 0 Å². The van der Waals surface area contributed by atoms with Gasteiger partial charge in [0.2, 0.25) is 0 Å². The highest BCUT2D eigenvalue weighted by Gasteiger charge is 2.23. The van der Waals surface area contributed by atoms with Crippen LogP contribution in [-0.4, -0.2) is 31.2 Å². The minimum Gasteiger partial charge on any atom is -0.360 e. The van der Waals surface area contributed by atoms with Gasteiger partial charge >= 0.3 is 0 Å². The predicted molar refractivity (Wildman–Crippen MR) is 66.4 cm³/mol. The van der Waals surface area contributed by atoms with Crippen molar-refractivity contribution < 1.29 is 0 Å². The van der Waals surface area contributed by atoms with Crippen LogP contribution in [0.4, 0.5) is 0 Å². The molecule has 1 aliphatic heterocycles. The van der Waals surface area contributed by atoms with Crippen LogP contribution in [-0.2, 0) is 13.6 Å². The minimum absolute atomic E-state index is 0.154. The van der Waals surface area contributed by atoms with E-state index in [4.69, 9.17) is 0 Å². The molecule has 0 atom stereocenters. The molecule has 2 heterocycles. The first-order valence-electron chi connectivity index (χ1n) is 5.35. The molecule has 2 rings (SSSR count). The van der Waals surface area contributed by atoms with Gasteiger partial charge in [0, 0.05) is 18.3 Å². The number of nitrogens with zero attached hydrogens (tertiary/aromatic N) is 4. The molecule has 1 saturated heterocycles. The van der Waals surface area contributed by atoms with Crippen molar-refractivity contribution in [3.63, 3.8) is 0 Å². The molecule has 0 amide bonds. The normalized spacial score (nSPS) is 22.1. The number of aromatic nitrogens is 3. The van der Waals surface area contributed by atoms with Crippen LogP contribution in [0.5, 0.6) is 0 Å². The predicted octanol–water partition coefficient (Wildman–Crippen LogP) is 1.18. The van der Waals surface area contributed by atoms with E-state index in [2.05, 4.69) is 34.2 Å². The Kier molecular flexibility index (Phi) is 3.18. The van der Waals surface area contributed by atoms with Crippen LogP contribution in [0.15, 0.2) is 11.3 Å². The quantitative estimate of drug-likeness (QED) is 0.842. The first kappa shape index (κ1) is 11.4. The molecule has 0 aromatic carbocycles. The molecule has 0 spiro atoms. The minimum atomic E-state index is 0.154. The molecule has 5 nitrogen and oxygen atoms in total. The molecule has 0 bridgehead atoms. The highest BCUT2D eigenvalue weighted by Crippen LogP contribution is 2.21. The summed E-state index contributed by atoms with van der Waals surface area (Å²) in [5.41, 5.74) is 0.154. The summed E-state index contributed by atoms with van der Waals surface area (Å²) in [5.74, 6) is 1.88. The summed E-state index contributed by atoms with van der Waals surface area (Å²) >= 11 is 1.77. The van der Waals surface area contributed by atoms with Gasteiger partial charge in [0.05, 0.1) is 0 Å². The van der Waals surface area contributed by atoms with E-state index in [1.54, 1.807) is 22.8 Å². The zero-order valence-corrected chi connectivity index (χ0v) is 10.7. The Morgan fingerprint density at radius 1 is 1.62 bits per heavy atom. The number of amidine groups is 1. The van der Waals surface area contributed by atoms with Crippen molar-refractivity contribution in [1.82, 2.24) is 20.1 Å². The second-order valence-electron chi connectivity index (χ2n) is 4.56. The molecule has 6 heteroatoms. The maximum atomic E-state index is 4.49. The molecule has 0 aliphatic carbocycles. The third-order valence-electron chi connectivity index (χ3n) is 2.42. The van der Waals surface area contributed by atoms with Gasteiger partial charge in [-0.3, -0.25) is 9.67 Å². The molecule has 1 aromatic rings. The lowest BCUT2D eigenvalue weighted by Gasteiger charge is -2.32. The van der Waals surface area contributed by atoms with E-state index in [0.29, 0.717) is 6.54 Å². The number of hydrogen-bond acceptors (Lipinski definition) is 4. The standard InChI is InChI=1S/C10H17N5S/c1-10(2)4-5-16-9(13-10)11-6-8-12-7-15(3)14-8/h7H,4-6H2,1-3H3,(H,11,13). The van der Waals surface area contributed by atoms with Crippen LogP contribution < -0.4 is 5.32 Å². The molecule has 16 heavy (non-hydrogen) atoms. The molecule has 88 valence electrons. The van der Waals surface area contributed by atoms with Gasteiger partial charge in [0.15, 0.2) is 11.0 Å². The molecule has 1 N–H and O–H groups in total. The smallest absolute Gasteiger partial charge is 0.172 e. The fourth-order valence-electron chi connectivity index (χ4n) is 1.47. The summed E-state index contributed by atoms with van der Waals surface area (Å²) in [6, 6.07) is 0. The van der Waals surface area contributed by atoms with Crippen LogP contribution in [0, 0.1) is 0 Å². The second-order valence-corrected chi connectivity index (χ2v) is 5.65. The van der Waals surface area contributed by atoms with E-state index in [1.807, 2.05) is 7.05 Å². The Bertz CT molecular complexity index is 396. The van der Waals surface area contributed by atoms with Crippen molar-refractivity contribution in [2.24, 2.45) is 12.0 Å². The van der Waals surface area contributed by atoms with Gasteiger partial charge in [0.1, 0.15) is 12.9 Å². The zero-order valence-electron chi connectivity index (χ0n) is 9.90. The third kappa shape index (κ3) is 2.98. The molecular weight excluding hydrogens is 222 g/mol. The number of nitrogens with one attached hydrogen (secondary N) is 1. The first-order valence-corrected chi connectivity index (χ1v) is 6.34. The zero-order chi connectivity index (χ0) is 11.6. The largest absolute Gasteiger partial charge is 0.360 e. The summed E-state index contributed by atoms with van der Waals surface area (Å²) in [6.45, 7) is 4.94. The lowest BCUT2D eigenvalue weighted by molar-refractivity contribution is 0.446. The number of thioether (sulfide) groups is 1. The van der Waals surface area contributed by atoms with Gasteiger partial charge in [-0.2, -0.15) is 5.10 Å². The van der Waals surface area contributed by atoms with Crippen LogP contribution in [0.1, 0.15) is 26.1 Å². The number of rotatable bonds is 2. The van der Waals surface area contributed by atoms with Gasteiger partial charge in [-0.1, -0.05) is 11.8 Å². The molecule has 0 unspecified atom stereocenters. The van der Waals surface area contributed by atoms with Gasteiger partial charge in [-0.15, -0.1) is 0 Å². The molecule has 0 radical (unpaired) electrons. The van der Waals surface area contributed by atoms with Crippen molar-refractivity contribution in [1.29, 1.82) is 0 Å².